The Morgan fingerprint density at radius 2 is 1.42 bits per heavy atom. The molecule has 0 saturated carbocycles. The SMILES string of the molecule is C=C(C)C#CC#CC#CC#CC. The Kier molecular flexibility index (Phi) is 5.90. The fourth-order valence-corrected chi connectivity index (χ4v) is 0.325. The maximum atomic E-state index is 3.60. The standard InChI is InChI=1S/C12H8/c1-4-5-6-7-8-9-10-11-12(2)3/h2H2,1,3H3. The van der Waals surface area contributed by atoms with Gasteiger partial charge in [0, 0.05) is 0 Å². The second kappa shape index (κ2) is 7.09. The number of allylic oxidation sites excluding steroid dienone is 1. The third kappa shape index (κ3) is 7.98. The summed E-state index contributed by atoms with van der Waals surface area (Å²) < 4.78 is 0. The highest BCUT2D eigenvalue weighted by Gasteiger charge is 1.65. The summed E-state index contributed by atoms with van der Waals surface area (Å²) >= 11 is 0. The van der Waals surface area contributed by atoms with Crippen molar-refractivity contribution in [3.63, 3.8) is 0 Å². The van der Waals surface area contributed by atoms with Crippen LogP contribution in [0.4, 0.5) is 0 Å². The third-order valence-electron chi connectivity index (χ3n) is 0.713. The molecule has 0 aliphatic heterocycles. The smallest absolute Gasteiger partial charge is 0.0000224 e. The van der Waals surface area contributed by atoms with Gasteiger partial charge >= 0.3 is 0 Å². The molecule has 0 aromatic carbocycles. The van der Waals surface area contributed by atoms with E-state index in [1.54, 1.807) is 6.92 Å². The zero-order valence-electron chi connectivity index (χ0n) is 7.21. The van der Waals surface area contributed by atoms with E-state index in [-0.39, 0.29) is 0 Å². The zero-order valence-corrected chi connectivity index (χ0v) is 7.21. The van der Waals surface area contributed by atoms with Gasteiger partial charge in [0.05, 0.1) is 0 Å². The highest BCUT2D eigenvalue weighted by Crippen LogP contribution is 1.77. The van der Waals surface area contributed by atoms with Crippen LogP contribution in [0.15, 0.2) is 12.2 Å². The topological polar surface area (TPSA) is 0 Å². The molecule has 0 aromatic rings. The second-order valence-corrected chi connectivity index (χ2v) is 1.91. The van der Waals surface area contributed by atoms with E-state index in [4.69, 9.17) is 0 Å². The average molecular weight is 152 g/mol. The van der Waals surface area contributed by atoms with Crippen molar-refractivity contribution < 1.29 is 0 Å². The van der Waals surface area contributed by atoms with Gasteiger partial charge in [-0.2, -0.15) is 0 Å². The molecule has 0 saturated heterocycles. The maximum absolute atomic E-state index is 3.60. The first-order valence-corrected chi connectivity index (χ1v) is 3.35. The van der Waals surface area contributed by atoms with E-state index < -0.39 is 0 Å². The Morgan fingerprint density at radius 1 is 0.917 bits per heavy atom. The number of rotatable bonds is 0. The largest absolute Gasteiger partial charge is 0.0925 e. The van der Waals surface area contributed by atoms with Crippen molar-refractivity contribution in [3.8, 4) is 47.4 Å². The van der Waals surface area contributed by atoms with E-state index in [0.29, 0.717) is 0 Å². The van der Waals surface area contributed by atoms with Crippen molar-refractivity contribution in [3.05, 3.63) is 12.2 Å². The van der Waals surface area contributed by atoms with E-state index in [1.807, 2.05) is 6.92 Å². The van der Waals surface area contributed by atoms with Crippen molar-refractivity contribution in [1.29, 1.82) is 0 Å². The van der Waals surface area contributed by atoms with Gasteiger partial charge < -0.3 is 0 Å². The molecule has 0 atom stereocenters. The van der Waals surface area contributed by atoms with E-state index in [2.05, 4.69) is 53.9 Å². The van der Waals surface area contributed by atoms with E-state index >= 15 is 0 Å². The van der Waals surface area contributed by atoms with Crippen LogP contribution in [0, 0.1) is 47.4 Å². The summed E-state index contributed by atoms with van der Waals surface area (Å²) in [6.45, 7) is 7.15. The van der Waals surface area contributed by atoms with Gasteiger partial charge in [-0.15, -0.1) is 0 Å². The molecule has 0 radical (unpaired) electrons. The fraction of sp³-hybridized carbons (Fsp3) is 0.167. The second-order valence-electron chi connectivity index (χ2n) is 1.91. The highest BCUT2D eigenvalue weighted by molar-refractivity contribution is 5.41. The van der Waals surface area contributed by atoms with Crippen molar-refractivity contribution in [2.45, 2.75) is 13.8 Å². The highest BCUT2D eigenvalue weighted by atomic mass is 13.7. The van der Waals surface area contributed by atoms with Gasteiger partial charge in [0.2, 0.25) is 0 Å². The van der Waals surface area contributed by atoms with Crippen LogP contribution in [0.5, 0.6) is 0 Å². The first-order chi connectivity index (χ1) is 5.77. The molecule has 0 unspecified atom stereocenters. The van der Waals surface area contributed by atoms with E-state index in [9.17, 15) is 0 Å². The number of hydrogen-bond acceptors (Lipinski definition) is 0. The van der Waals surface area contributed by atoms with E-state index in [1.165, 1.54) is 0 Å². The molecule has 0 heterocycles. The quantitative estimate of drug-likeness (QED) is 0.462. The van der Waals surface area contributed by atoms with Crippen molar-refractivity contribution in [1.82, 2.24) is 0 Å². The molecule has 0 spiro atoms. The minimum atomic E-state index is 0.797. The minimum Gasteiger partial charge on any atom is -0.0925 e. The molecule has 12 heavy (non-hydrogen) atoms. The van der Waals surface area contributed by atoms with E-state index in [0.717, 1.165) is 5.57 Å². The lowest BCUT2D eigenvalue weighted by molar-refractivity contribution is 1.63. The van der Waals surface area contributed by atoms with Crippen molar-refractivity contribution >= 4 is 0 Å². The lowest BCUT2D eigenvalue weighted by Gasteiger charge is -1.70. The Morgan fingerprint density at radius 3 is 1.92 bits per heavy atom. The third-order valence-corrected chi connectivity index (χ3v) is 0.713. The lowest BCUT2D eigenvalue weighted by atomic mass is 10.3. The first kappa shape index (κ1) is 9.98. The molecule has 0 aliphatic carbocycles. The molecule has 0 bridgehead atoms. The molecule has 0 aromatic heterocycles. The van der Waals surface area contributed by atoms with Crippen LogP contribution in [0.25, 0.3) is 0 Å². The molecule has 0 N–H and O–H groups in total. The lowest BCUT2D eigenvalue weighted by Crippen LogP contribution is -1.59. The van der Waals surface area contributed by atoms with Gasteiger partial charge in [0.1, 0.15) is 0 Å². The van der Waals surface area contributed by atoms with Gasteiger partial charge in [-0.25, -0.2) is 0 Å². The van der Waals surface area contributed by atoms with Crippen molar-refractivity contribution in [2.24, 2.45) is 0 Å². The normalized spacial score (nSPS) is 4.83. The molecule has 0 rings (SSSR count). The van der Waals surface area contributed by atoms with Crippen LogP contribution in [0.2, 0.25) is 0 Å². The van der Waals surface area contributed by atoms with Gasteiger partial charge in [-0.3, -0.25) is 0 Å². The van der Waals surface area contributed by atoms with Crippen LogP contribution in [0.1, 0.15) is 13.8 Å². The summed E-state index contributed by atoms with van der Waals surface area (Å²) in [4.78, 5) is 0. The Labute approximate surface area is 74.1 Å². The zero-order chi connectivity index (χ0) is 9.23. The van der Waals surface area contributed by atoms with Crippen LogP contribution < -0.4 is 0 Å². The summed E-state index contributed by atoms with van der Waals surface area (Å²) in [7, 11) is 0. The predicted octanol–water partition coefficient (Wildman–Crippen LogP) is 1.60. The van der Waals surface area contributed by atoms with Crippen LogP contribution >= 0.6 is 0 Å². The summed E-state index contributed by atoms with van der Waals surface area (Å²) in [6.07, 6.45) is 0. The molecular formula is C12H8. The average Bonchev–Trinajstić information content (AvgIpc) is 2.02. The molecule has 56 valence electrons. The van der Waals surface area contributed by atoms with Crippen LogP contribution in [-0.4, -0.2) is 0 Å². The molecular weight excluding hydrogens is 144 g/mol. The Balaban J connectivity index is 4.10. The van der Waals surface area contributed by atoms with Gasteiger partial charge in [-0.05, 0) is 54.9 Å². The van der Waals surface area contributed by atoms with Gasteiger partial charge in [0.15, 0.2) is 0 Å². The van der Waals surface area contributed by atoms with Crippen molar-refractivity contribution in [2.75, 3.05) is 0 Å². The fourth-order valence-electron chi connectivity index (χ4n) is 0.325. The maximum Gasteiger partial charge on any atom is -0.0000224 e. The predicted molar refractivity (Wildman–Crippen MR) is 51.6 cm³/mol. The summed E-state index contributed by atoms with van der Waals surface area (Å²) in [5.74, 6) is 20.7. The summed E-state index contributed by atoms with van der Waals surface area (Å²) in [5, 5.41) is 0. The molecule has 0 heteroatoms. The minimum absolute atomic E-state index is 0.797. The summed E-state index contributed by atoms with van der Waals surface area (Å²) in [6, 6.07) is 0. The van der Waals surface area contributed by atoms with Gasteiger partial charge in [0.25, 0.3) is 0 Å². The number of hydrogen-bond donors (Lipinski definition) is 0. The first-order valence-electron chi connectivity index (χ1n) is 3.35. The molecule has 0 fully saturated rings. The monoisotopic (exact) mass is 152 g/mol. The summed E-state index contributed by atoms with van der Waals surface area (Å²) in [5.41, 5.74) is 0.797. The molecule has 0 amide bonds. The molecule has 0 aliphatic rings. The van der Waals surface area contributed by atoms with Crippen LogP contribution in [-0.2, 0) is 0 Å². The Bertz CT molecular complexity index is 392. The molecule has 0 nitrogen and oxygen atoms in total. The Hall–Kier alpha value is -2.02. The van der Waals surface area contributed by atoms with Gasteiger partial charge in [-0.1, -0.05) is 18.4 Å². The van der Waals surface area contributed by atoms with Crippen LogP contribution in [0.3, 0.4) is 0 Å².